The molecule has 0 saturated heterocycles. The van der Waals surface area contributed by atoms with Crippen LogP contribution in [0.15, 0.2) is 42.0 Å². The normalized spacial score (nSPS) is 10.1. The molecule has 1 radical (unpaired) electrons. The van der Waals surface area contributed by atoms with Crippen LogP contribution in [0.5, 0.6) is 5.75 Å². The molecule has 0 fully saturated rings. The van der Waals surface area contributed by atoms with Crippen LogP contribution < -0.4 is 4.74 Å². The molecule has 0 aliphatic heterocycles. The van der Waals surface area contributed by atoms with Crippen molar-refractivity contribution in [3.63, 3.8) is 0 Å². The first-order valence-electron chi connectivity index (χ1n) is 3.39. The van der Waals surface area contributed by atoms with Crippen molar-refractivity contribution < 1.29 is 17.7 Å². The molecule has 0 aliphatic carbocycles. The van der Waals surface area contributed by atoms with Crippen LogP contribution in [0.2, 0.25) is 0 Å². The summed E-state index contributed by atoms with van der Waals surface area (Å²) in [4.78, 5) is -0.163. The minimum Gasteiger partial charge on any atom is -0.466 e. The maximum absolute atomic E-state index is 10.6. The van der Waals surface area contributed by atoms with E-state index in [1.165, 1.54) is 30.5 Å². The van der Waals surface area contributed by atoms with Crippen LogP contribution in [0.4, 0.5) is 0 Å². The van der Waals surface area contributed by atoms with E-state index in [0.29, 0.717) is 5.75 Å². The van der Waals surface area contributed by atoms with Crippen LogP contribution >= 0.6 is 0 Å². The topological polar surface area (TPSA) is 63.6 Å². The summed E-state index contributed by atoms with van der Waals surface area (Å²) >= 11 is 0. The van der Waals surface area contributed by atoms with Crippen LogP contribution in [-0.2, 0) is 10.1 Å². The molecule has 1 N–H and O–H groups in total. The first-order chi connectivity index (χ1) is 6.04. The molecular weight excluding hydrogens is 231 g/mol. The molecular formula is C8H8KO4S. The largest absolute Gasteiger partial charge is 0.466 e. The third kappa shape index (κ3) is 4.22. The first kappa shape index (κ1) is 14.3. The number of rotatable bonds is 3. The fourth-order valence-electron chi connectivity index (χ4n) is 0.786. The van der Waals surface area contributed by atoms with E-state index in [-0.39, 0.29) is 56.3 Å². The summed E-state index contributed by atoms with van der Waals surface area (Å²) in [6.07, 6.45) is 1.22. The van der Waals surface area contributed by atoms with Crippen molar-refractivity contribution in [3.05, 3.63) is 37.1 Å². The maximum Gasteiger partial charge on any atom is 0.294 e. The van der Waals surface area contributed by atoms with E-state index in [4.69, 9.17) is 9.29 Å². The van der Waals surface area contributed by atoms with Crippen molar-refractivity contribution in [2.24, 2.45) is 0 Å². The second-order valence-corrected chi connectivity index (χ2v) is 3.65. The van der Waals surface area contributed by atoms with Crippen LogP contribution in [0, 0.1) is 0 Å². The number of benzene rings is 1. The van der Waals surface area contributed by atoms with Gasteiger partial charge in [-0.2, -0.15) is 8.42 Å². The second kappa shape index (κ2) is 6.01. The van der Waals surface area contributed by atoms with Gasteiger partial charge in [-0.15, -0.1) is 0 Å². The Balaban J connectivity index is 0.00000169. The zero-order valence-corrected chi connectivity index (χ0v) is 11.6. The van der Waals surface area contributed by atoms with Gasteiger partial charge in [-0.1, -0.05) is 6.58 Å². The van der Waals surface area contributed by atoms with Crippen LogP contribution in [0.1, 0.15) is 0 Å². The molecule has 0 atom stereocenters. The van der Waals surface area contributed by atoms with Gasteiger partial charge in [0, 0.05) is 51.4 Å². The molecule has 0 saturated carbocycles. The van der Waals surface area contributed by atoms with E-state index in [2.05, 4.69) is 6.58 Å². The van der Waals surface area contributed by atoms with Crippen molar-refractivity contribution in [1.82, 2.24) is 0 Å². The maximum atomic E-state index is 10.6. The van der Waals surface area contributed by atoms with Crippen LogP contribution in [0.3, 0.4) is 0 Å². The zero-order chi connectivity index (χ0) is 9.90. The average molecular weight is 239 g/mol. The SMILES string of the molecule is C=COc1ccc(S(=O)(=O)O)cc1.[K]. The molecule has 0 spiro atoms. The second-order valence-electron chi connectivity index (χ2n) is 2.23. The quantitative estimate of drug-likeness (QED) is 0.487. The Labute approximate surface area is 125 Å². The summed E-state index contributed by atoms with van der Waals surface area (Å²) in [7, 11) is -4.12. The van der Waals surface area contributed by atoms with E-state index < -0.39 is 10.1 Å². The van der Waals surface area contributed by atoms with Crippen molar-refractivity contribution >= 4 is 61.5 Å². The molecule has 6 heteroatoms. The van der Waals surface area contributed by atoms with E-state index in [1.807, 2.05) is 0 Å². The van der Waals surface area contributed by atoms with Gasteiger partial charge in [-0.05, 0) is 24.3 Å². The Morgan fingerprint density at radius 1 is 1.29 bits per heavy atom. The minimum atomic E-state index is -4.12. The Hall–Kier alpha value is 0.306. The predicted molar refractivity (Wildman–Crippen MR) is 52.8 cm³/mol. The van der Waals surface area contributed by atoms with Gasteiger partial charge in [0.25, 0.3) is 10.1 Å². The van der Waals surface area contributed by atoms with Gasteiger partial charge in [0.15, 0.2) is 0 Å². The van der Waals surface area contributed by atoms with E-state index in [1.54, 1.807) is 0 Å². The van der Waals surface area contributed by atoms with Gasteiger partial charge < -0.3 is 4.74 Å². The zero-order valence-electron chi connectivity index (χ0n) is 7.67. The van der Waals surface area contributed by atoms with Crippen molar-refractivity contribution in [2.75, 3.05) is 0 Å². The number of hydrogen-bond acceptors (Lipinski definition) is 3. The Kier molecular flexibility index (Phi) is 6.14. The van der Waals surface area contributed by atoms with Crippen LogP contribution in [-0.4, -0.2) is 64.4 Å². The van der Waals surface area contributed by atoms with Gasteiger partial charge in [0.2, 0.25) is 0 Å². The molecule has 0 aromatic heterocycles. The molecule has 71 valence electrons. The average Bonchev–Trinajstić information content (AvgIpc) is 2.04. The Morgan fingerprint density at radius 3 is 2.14 bits per heavy atom. The van der Waals surface area contributed by atoms with Gasteiger partial charge in [-0.3, -0.25) is 4.55 Å². The summed E-state index contributed by atoms with van der Waals surface area (Å²) in [6.45, 7) is 3.34. The molecule has 0 heterocycles. The molecule has 1 rings (SSSR count). The monoisotopic (exact) mass is 239 g/mol. The summed E-state index contributed by atoms with van der Waals surface area (Å²) < 4.78 is 34.7. The van der Waals surface area contributed by atoms with Gasteiger partial charge >= 0.3 is 0 Å². The standard InChI is InChI=1S/C8H8O4S.K/c1-2-12-7-3-5-8(6-4-7)13(9,10)11;/h2-6H,1H2,(H,9,10,11);. The molecule has 0 aliphatic rings. The number of hydrogen-bond donors (Lipinski definition) is 1. The molecule has 1 aromatic carbocycles. The van der Waals surface area contributed by atoms with Gasteiger partial charge in [0.05, 0.1) is 11.2 Å². The molecule has 1 aromatic rings. The Morgan fingerprint density at radius 2 is 1.79 bits per heavy atom. The Bertz CT molecular complexity index is 396. The van der Waals surface area contributed by atoms with Gasteiger partial charge in [-0.25, -0.2) is 0 Å². The molecule has 14 heavy (non-hydrogen) atoms. The first-order valence-corrected chi connectivity index (χ1v) is 4.83. The number of ether oxygens (including phenoxy) is 1. The van der Waals surface area contributed by atoms with Crippen LogP contribution in [0.25, 0.3) is 0 Å². The summed E-state index contributed by atoms with van der Waals surface area (Å²) in [5, 5.41) is 0. The summed E-state index contributed by atoms with van der Waals surface area (Å²) in [5.74, 6) is 0.461. The van der Waals surface area contributed by atoms with Crippen molar-refractivity contribution in [2.45, 2.75) is 4.90 Å². The molecule has 0 bridgehead atoms. The predicted octanol–water partition coefficient (Wildman–Crippen LogP) is 1.07. The third-order valence-corrected chi connectivity index (χ3v) is 2.21. The molecule has 0 unspecified atom stereocenters. The summed E-state index contributed by atoms with van der Waals surface area (Å²) in [6, 6.07) is 5.33. The van der Waals surface area contributed by atoms with E-state index in [9.17, 15) is 8.42 Å². The van der Waals surface area contributed by atoms with Crippen molar-refractivity contribution in [3.8, 4) is 5.75 Å². The van der Waals surface area contributed by atoms with Gasteiger partial charge in [0.1, 0.15) is 5.75 Å². The fourth-order valence-corrected chi connectivity index (χ4v) is 1.27. The van der Waals surface area contributed by atoms with Crippen molar-refractivity contribution in [1.29, 1.82) is 0 Å². The summed E-state index contributed by atoms with van der Waals surface area (Å²) in [5.41, 5.74) is 0. The molecule has 0 amide bonds. The third-order valence-electron chi connectivity index (χ3n) is 1.34. The smallest absolute Gasteiger partial charge is 0.294 e. The van der Waals surface area contributed by atoms with E-state index >= 15 is 0 Å². The minimum absolute atomic E-state index is 0. The molecule has 4 nitrogen and oxygen atoms in total. The van der Waals surface area contributed by atoms with E-state index in [0.717, 1.165) is 0 Å². The fraction of sp³-hybridized carbons (Fsp3) is 0.